The molecule has 1 N–H and O–H groups in total. The van der Waals surface area contributed by atoms with Gasteiger partial charge in [0.2, 0.25) is 5.71 Å². The monoisotopic (exact) mass is 270 g/mol. The molecular weight excluding hydrogens is 256 g/mol. The largest absolute Gasteiger partial charge is 0.456 e. The number of carbonyl (C=O) groups excluding carboxylic acids is 1. The molecule has 0 aliphatic carbocycles. The summed E-state index contributed by atoms with van der Waals surface area (Å²) < 4.78 is 5.22. The van der Waals surface area contributed by atoms with Gasteiger partial charge in [-0.15, -0.1) is 0 Å². The summed E-state index contributed by atoms with van der Waals surface area (Å²) >= 11 is 0. The molecule has 1 aromatic rings. The van der Waals surface area contributed by atoms with Crippen molar-refractivity contribution in [1.82, 2.24) is 0 Å². The number of hydrogen-bond acceptors (Lipinski definition) is 6. The van der Waals surface area contributed by atoms with Gasteiger partial charge in [-0.25, -0.2) is 4.79 Å². The van der Waals surface area contributed by atoms with E-state index in [9.17, 15) is 4.79 Å². The first-order valence-electron chi connectivity index (χ1n) is 5.83. The third-order valence-corrected chi connectivity index (χ3v) is 2.03. The highest BCUT2D eigenvalue weighted by atomic mass is 16.6. The third kappa shape index (κ3) is 4.79. The number of nitrogens with one attached hydrogen (secondary N) is 1. The molecule has 1 aromatic carbocycles. The maximum Gasteiger partial charge on any atom is 0.338 e. The van der Waals surface area contributed by atoms with E-state index in [1.807, 2.05) is 0 Å². The first-order valence-corrected chi connectivity index (χ1v) is 5.83. The van der Waals surface area contributed by atoms with Gasteiger partial charge in [0.05, 0.1) is 11.3 Å². The van der Waals surface area contributed by atoms with Crippen LogP contribution >= 0.6 is 0 Å². The van der Waals surface area contributed by atoms with Crippen molar-refractivity contribution < 1.29 is 9.53 Å². The highest BCUT2D eigenvalue weighted by Crippen LogP contribution is 2.14. The molecule has 0 heterocycles. The van der Waals surface area contributed by atoms with Gasteiger partial charge in [0.25, 0.3) is 0 Å². The lowest BCUT2D eigenvalue weighted by molar-refractivity contribution is 0.00696. The Kier molecular flexibility index (Phi) is 4.82. The zero-order chi connectivity index (χ0) is 15.2. The maximum atomic E-state index is 11.8. The fourth-order valence-corrected chi connectivity index (χ4v) is 1.21. The Labute approximate surface area is 117 Å². The van der Waals surface area contributed by atoms with Crippen LogP contribution in [0.2, 0.25) is 0 Å². The van der Waals surface area contributed by atoms with Crippen LogP contribution in [0.5, 0.6) is 0 Å². The number of rotatable bonds is 3. The number of hydrogen-bond donors (Lipinski definition) is 1. The summed E-state index contributed by atoms with van der Waals surface area (Å²) in [7, 11) is 0. The first-order chi connectivity index (χ1) is 9.35. The van der Waals surface area contributed by atoms with E-state index in [0.29, 0.717) is 11.3 Å². The van der Waals surface area contributed by atoms with E-state index in [4.69, 9.17) is 15.3 Å². The van der Waals surface area contributed by atoms with Gasteiger partial charge in [-0.3, -0.25) is 5.43 Å². The van der Waals surface area contributed by atoms with Crippen LogP contribution in [0, 0.1) is 22.7 Å². The van der Waals surface area contributed by atoms with Gasteiger partial charge < -0.3 is 4.74 Å². The van der Waals surface area contributed by atoms with E-state index < -0.39 is 11.6 Å². The predicted octanol–water partition coefficient (Wildman–Crippen LogP) is 2.46. The molecule has 0 aliphatic heterocycles. The molecule has 20 heavy (non-hydrogen) atoms. The van der Waals surface area contributed by atoms with Crippen molar-refractivity contribution in [3.8, 4) is 12.1 Å². The van der Waals surface area contributed by atoms with Crippen molar-refractivity contribution in [2.45, 2.75) is 26.4 Å². The van der Waals surface area contributed by atoms with Gasteiger partial charge in [-0.05, 0) is 45.0 Å². The predicted molar refractivity (Wildman–Crippen MR) is 73.9 cm³/mol. The van der Waals surface area contributed by atoms with E-state index in [1.165, 1.54) is 0 Å². The van der Waals surface area contributed by atoms with Crippen LogP contribution in [-0.4, -0.2) is 17.3 Å². The van der Waals surface area contributed by atoms with Crippen LogP contribution < -0.4 is 5.43 Å². The van der Waals surface area contributed by atoms with Crippen molar-refractivity contribution in [2.75, 3.05) is 5.43 Å². The molecule has 6 heteroatoms. The number of anilines is 1. The number of nitriles is 2. The second-order valence-corrected chi connectivity index (χ2v) is 4.88. The number of nitrogens with zero attached hydrogens (tertiary/aromatic N) is 3. The van der Waals surface area contributed by atoms with Crippen molar-refractivity contribution >= 4 is 17.4 Å². The van der Waals surface area contributed by atoms with Crippen LogP contribution in [0.15, 0.2) is 29.4 Å². The average molecular weight is 270 g/mol. The third-order valence-electron chi connectivity index (χ3n) is 2.03. The van der Waals surface area contributed by atoms with Crippen LogP contribution in [0.3, 0.4) is 0 Å². The number of hydrazone groups is 1. The van der Waals surface area contributed by atoms with Gasteiger partial charge in [0.1, 0.15) is 17.7 Å². The summed E-state index contributed by atoms with van der Waals surface area (Å²) in [6, 6.07) is 9.62. The minimum atomic E-state index is -0.549. The van der Waals surface area contributed by atoms with Crippen LogP contribution in [-0.2, 0) is 4.74 Å². The molecule has 0 atom stereocenters. The topological polar surface area (TPSA) is 98.3 Å². The highest BCUT2D eigenvalue weighted by molar-refractivity contribution is 6.10. The molecule has 0 amide bonds. The number of benzene rings is 1. The molecule has 102 valence electrons. The minimum absolute atomic E-state index is 0.277. The standard InChI is InChI=1S/C14H14N4O2/c1-14(2,3)20-13(19)10-4-6-11(7-5-10)17-18-12(8-15)9-16/h4-7,17H,1-3H3. The second-order valence-electron chi connectivity index (χ2n) is 4.88. The summed E-state index contributed by atoms with van der Waals surface area (Å²) in [6.45, 7) is 5.38. The fraction of sp³-hybridized carbons (Fsp3) is 0.286. The number of carbonyl (C=O) groups is 1. The SMILES string of the molecule is CC(C)(C)OC(=O)c1ccc(NN=C(C#N)C#N)cc1. The van der Waals surface area contributed by atoms with Gasteiger partial charge in [0, 0.05) is 0 Å². The first kappa shape index (κ1) is 15.2. The quantitative estimate of drug-likeness (QED) is 0.516. The van der Waals surface area contributed by atoms with Gasteiger partial charge in [-0.1, -0.05) is 0 Å². The molecule has 0 aliphatic rings. The Hall–Kier alpha value is -2.86. The number of esters is 1. The molecule has 6 nitrogen and oxygen atoms in total. The Morgan fingerprint density at radius 1 is 1.20 bits per heavy atom. The van der Waals surface area contributed by atoms with Gasteiger partial charge >= 0.3 is 5.97 Å². The molecule has 0 saturated carbocycles. The smallest absolute Gasteiger partial charge is 0.338 e. The summed E-state index contributed by atoms with van der Waals surface area (Å²) in [5.74, 6) is -0.415. The summed E-state index contributed by atoms with van der Waals surface area (Å²) in [6.07, 6.45) is 0. The lowest BCUT2D eigenvalue weighted by Gasteiger charge is -2.19. The maximum absolute atomic E-state index is 11.8. The van der Waals surface area contributed by atoms with Crippen LogP contribution in [0.25, 0.3) is 0 Å². The Balaban J connectivity index is 2.76. The van der Waals surface area contributed by atoms with Crippen molar-refractivity contribution in [3.63, 3.8) is 0 Å². The molecule has 0 saturated heterocycles. The fourth-order valence-electron chi connectivity index (χ4n) is 1.21. The zero-order valence-electron chi connectivity index (χ0n) is 11.5. The van der Waals surface area contributed by atoms with Crippen molar-refractivity contribution in [3.05, 3.63) is 29.8 Å². The summed E-state index contributed by atoms with van der Waals surface area (Å²) in [4.78, 5) is 11.8. The molecule has 0 unspecified atom stereocenters. The van der Waals surface area contributed by atoms with E-state index in [1.54, 1.807) is 57.2 Å². The molecule has 0 radical (unpaired) electrons. The Bertz CT molecular complexity index is 582. The highest BCUT2D eigenvalue weighted by Gasteiger charge is 2.17. The molecule has 0 spiro atoms. The van der Waals surface area contributed by atoms with E-state index >= 15 is 0 Å². The molecular formula is C14H14N4O2. The van der Waals surface area contributed by atoms with E-state index in [-0.39, 0.29) is 5.71 Å². The average Bonchev–Trinajstić information content (AvgIpc) is 2.38. The molecule has 0 aromatic heterocycles. The summed E-state index contributed by atoms with van der Waals surface area (Å²) in [5.41, 5.74) is 2.69. The van der Waals surface area contributed by atoms with Crippen molar-refractivity contribution in [2.24, 2.45) is 5.10 Å². The zero-order valence-corrected chi connectivity index (χ0v) is 11.5. The summed E-state index contributed by atoms with van der Waals surface area (Å²) in [5, 5.41) is 20.6. The molecule has 0 bridgehead atoms. The lowest BCUT2D eigenvalue weighted by Crippen LogP contribution is -2.23. The van der Waals surface area contributed by atoms with E-state index in [2.05, 4.69) is 10.5 Å². The van der Waals surface area contributed by atoms with Crippen LogP contribution in [0.4, 0.5) is 5.69 Å². The van der Waals surface area contributed by atoms with Crippen molar-refractivity contribution in [1.29, 1.82) is 10.5 Å². The normalized spacial score (nSPS) is 9.85. The van der Waals surface area contributed by atoms with Crippen LogP contribution in [0.1, 0.15) is 31.1 Å². The number of ether oxygens (including phenoxy) is 1. The van der Waals surface area contributed by atoms with Gasteiger partial charge in [0.15, 0.2) is 0 Å². The van der Waals surface area contributed by atoms with E-state index in [0.717, 1.165) is 0 Å². The molecule has 1 rings (SSSR count). The Morgan fingerprint density at radius 2 is 1.75 bits per heavy atom. The van der Waals surface area contributed by atoms with Gasteiger partial charge in [-0.2, -0.15) is 15.6 Å². The molecule has 0 fully saturated rings. The minimum Gasteiger partial charge on any atom is -0.456 e. The second kappa shape index (κ2) is 6.35. The Morgan fingerprint density at radius 3 is 2.20 bits per heavy atom. The lowest BCUT2D eigenvalue weighted by atomic mass is 10.1.